The summed E-state index contributed by atoms with van der Waals surface area (Å²) in [6, 6.07) is 9.22. The molecule has 0 unspecified atom stereocenters. The van der Waals surface area contributed by atoms with Gasteiger partial charge in [-0.1, -0.05) is 17.7 Å². The number of anilines is 1. The molecule has 0 saturated heterocycles. The van der Waals surface area contributed by atoms with Crippen LogP contribution in [0.4, 0.5) is 5.69 Å². The molecule has 0 fully saturated rings. The number of aromatic nitrogens is 3. The molecule has 0 aliphatic carbocycles. The highest BCUT2D eigenvalue weighted by Gasteiger charge is 2.13. The minimum atomic E-state index is -0.121. The molecule has 2 aromatic heterocycles. The molecule has 24 heavy (non-hydrogen) atoms. The molecule has 1 aromatic carbocycles. The second-order valence-electron chi connectivity index (χ2n) is 5.32. The Morgan fingerprint density at radius 1 is 1.29 bits per heavy atom. The highest BCUT2D eigenvalue weighted by molar-refractivity contribution is 6.32. The van der Waals surface area contributed by atoms with Crippen molar-refractivity contribution in [1.82, 2.24) is 15.2 Å². The van der Waals surface area contributed by atoms with Gasteiger partial charge in [0.15, 0.2) is 0 Å². The lowest BCUT2D eigenvalue weighted by molar-refractivity contribution is 0.306. The van der Waals surface area contributed by atoms with Gasteiger partial charge in [0, 0.05) is 30.6 Å². The zero-order valence-corrected chi connectivity index (χ0v) is 14.1. The van der Waals surface area contributed by atoms with Crippen LogP contribution in [0.25, 0.3) is 0 Å². The highest BCUT2D eigenvalue weighted by atomic mass is 35.5. The van der Waals surface area contributed by atoms with Gasteiger partial charge in [-0.2, -0.15) is 0 Å². The smallest absolute Gasteiger partial charge is 0.238 e. The number of pyridine rings is 1. The summed E-state index contributed by atoms with van der Waals surface area (Å²) >= 11 is 6.30. The Kier molecular flexibility index (Phi) is 4.96. The summed E-state index contributed by atoms with van der Waals surface area (Å²) in [6.45, 7) is 4.11. The van der Waals surface area contributed by atoms with Gasteiger partial charge in [0.05, 0.1) is 5.02 Å². The number of aryl methyl sites for hydroxylation is 1. The molecule has 124 valence electrons. The van der Waals surface area contributed by atoms with Gasteiger partial charge in [-0.15, -0.1) is 10.2 Å². The van der Waals surface area contributed by atoms with Crippen LogP contribution in [-0.4, -0.2) is 15.2 Å². The van der Waals surface area contributed by atoms with Gasteiger partial charge in [0.1, 0.15) is 18.4 Å². The van der Waals surface area contributed by atoms with Gasteiger partial charge in [0.25, 0.3) is 0 Å². The summed E-state index contributed by atoms with van der Waals surface area (Å²) in [5.41, 5.74) is 1.83. The number of hydrogen-bond donors (Lipinski definition) is 1. The van der Waals surface area contributed by atoms with E-state index in [0.29, 0.717) is 29.2 Å². The van der Waals surface area contributed by atoms with Crippen LogP contribution in [0.5, 0.6) is 5.75 Å². The average molecular weight is 345 g/mol. The van der Waals surface area contributed by atoms with Crippen LogP contribution in [0.1, 0.15) is 30.3 Å². The van der Waals surface area contributed by atoms with Crippen molar-refractivity contribution in [2.75, 3.05) is 5.32 Å². The molecular weight excluding hydrogens is 328 g/mol. The van der Waals surface area contributed by atoms with Crippen molar-refractivity contribution in [3.63, 3.8) is 0 Å². The molecule has 0 radical (unpaired) electrons. The van der Waals surface area contributed by atoms with E-state index in [1.165, 1.54) is 0 Å². The summed E-state index contributed by atoms with van der Waals surface area (Å²) in [7, 11) is 0. The van der Waals surface area contributed by atoms with E-state index in [9.17, 15) is 0 Å². The lowest BCUT2D eigenvalue weighted by atomic mass is 10.2. The summed E-state index contributed by atoms with van der Waals surface area (Å²) in [6.07, 6.45) is 3.49. The lowest BCUT2D eigenvalue weighted by Crippen LogP contribution is -2.07. The number of rotatable bonds is 6. The predicted molar refractivity (Wildman–Crippen MR) is 91.1 cm³/mol. The van der Waals surface area contributed by atoms with Gasteiger partial charge in [-0.3, -0.25) is 4.98 Å². The molecule has 0 amide bonds. The van der Waals surface area contributed by atoms with Crippen molar-refractivity contribution in [3.8, 4) is 5.75 Å². The summed E-state index contributed by atoms with van der Waals surface area (Å²) in [5, 5.41) is 11.6. The molecule has 7 heteroatoms. The first-order chi connectivity index (χ1) is 11.6. The summed E-state index contributed by atoms with van der Waals surface area (Å²) in [5.74, 6) is 1.68. The van der Waals surface area contributed by atoms with Crippen LogP contribution in [-0.2, 0) is 6.61 Å². The fourth-order valence-electron chi connectivity index (χ4n) is 2.15. The van der Waals surface area contributed by atoms with E-state index >= 15 is 0 Å². The Morgan fingerprint density at radius 3 is 2.83 bits per heavy atom. The Morgan fingerprint density at radius 2 is 2.17 bits per heavy atom. The topological polar surface area (TPSA) is 73.1 Å². The number of nitrogens with zero attached hydrogens (tertiary/aromatic N) is 3. The predicted octanol–water partition coefficient (Wildman–Crippen LogP) is 4.18. The van der Waals surface area contributed by atoms with Gasteiger partial charge in [-0.25, -0.2) is 0 Å². The number of halogens is 1. The molecule has 0 spiro atoms. The zero-order chi connectivity index (χ0) is 16.9. The third kappa shape index (κ3) is 4.02. The molecule has 6 nitrogen and oxygen atoms in total. The quantitative estimate of drug-likeness (QED) is 0.723. The third-order valence-corrected chi connectivity index (χ3v) is 3.64. The maximum Gasteiger partial charge on any atom is 0.238 e. The summed E-state index contributed by atoms with van der Waals surface area (Å²) < 4.78 is 11.1. The van der Waals surface area contributed by atoms with E-state index in [1.807, 2.05) is 31.2 Å². The molecule has 0 aliphatic rings. The third-order valence-electron chi connectivity index (χ3n) is 3.34. The van der Waals surface area contributed by atoms with Crippen LogP contribution < -0.4 is 10.1 Å². The normalized spacial score (nSPS) is 12.0. The molecule has 0 saturated carbocycles. The molecule has 0 aliphatic heterocycles. The molecule has 1 N–H and O–H groups in total. The Bertz CT molecular complexity index is 807. The second kappa shape index (κ2) is 7.31. The number of ether oxygens (including phenoxy) is 1. The van der Waals surface area contributed by atoms with Crippen molar-refractivity contribution >= 4 is 17.3 Å². The van der Waals surface area contributed by atoms with Gasteiger partial charge >= 0.3 is 0 Å². The first-order valence-electron chi connectivity index (χ1n) is 7.49. The van der Waals surface area contributed by atoms with E-state index < -0.39 is 0 Å². The molecule has 3 aromatic rings. The van der Waals surface area contributed by atoms with E-state index in [-0.39, 0.29) is 6.04 Å². The molecule has 1 atom stereocenters. The SMILES string of the molecule is Cc1nnc([C@H](C)Nc2ccc(OCc3cccnc3)c(Cl)c2)o1. The molecular formula is C17H17ClN4O2. The average Bonchev–Trinajstić information content (AvgIpc) is 3.02. The van der Waals surface area contributed by atoms with Crippen LogP contribution in [0.3, 0.4) is 0 Å². The Balaban J connectivity index is 1.64. The van der Waals surface area contributed by atoms with E-state index in [4.69, 9.17) is 20.8 Å². The number of benzene rings is 1. The fourth-order valence-corrected chi connectivity index (χ4v) is 2.39. The van der Waals surface area contributed by atoms with Crippen molar-refractivity contribution in [1.29, 1.82) is 0 Å². The van der Waals surface area contributed by atoms with E-state index in [2.05, 4.69) is 20.5 Å². The van der Waals surface area contributed by atoms with E-state index in [1.54, 1.807) is 25.4 Å². The fraction of sp³-hybridized carbons (Fsp3) is 0.235. The van der Waals surface area contributed by atoms with Crippen LogP contribution >= 0.6 is 11.6 Å². The maximum absolute atomic E-state index is 6.30. The van der Waals surface area contributed by atoms with Gasteiger partial charge < -0.3 is 14.5 Å². The summed E-state index contributed by atoms with van der Waals surface area (Å²) in [4.78, 5) is 4.05. The van der Waals surface area contributed by atoms with E-state index in [0.717, 1.165) is 11.3 Å². The Hall–Kier alpha value is -2.60. The maximum atomic E-state index is 6.30. The number of hydrogen-bond acceptors (Lipinski definition) is 6. The van der Waals surface area contributed by atoms with Crippen LogP contribution in [0, 0.1) is 6.92 Å². The van der Waals surface area contributed by atoms with Crippen molar-refractivity contribution in [2.45, 2.75) is 26.5 Å². The monoisotopic (exact) mass is 344 g/mol. The molecule has 3 rings (SSSR count). The zero-order valence-electron chi connectivity index (χ0n) is 13.4. The van der Waals surface area contributed by atoms with Crippen LogP contribution in [0.15, 0.2) is 47.1 Å². The van der Waals surface area contributed by atoms with Crippen molar-refractivity contribution in [2.24, 2.45) is 0 Å². The first kappa shape index (κ1) is 16.3. The van der Waals surface area contributed by atoms with Crippen molar-refractivity contribution < 1.29 is 9.15 Å². The minimum absolute atomic E-state index is 0.121. The lowest BCUT2D eigenvalue weighted by Gasteiger charge is -2.13. The minimum Gasteiger partial charge on any atom is -0.487 e. The second-order valence-corrected chi connectivity index (χ2v) is 5.73. The van der Waals surface area contributed by atoms with Crippen molar-refractivity contribution in [3.05, 3.63) is 65.1 Å². The first-order valence-corrected chi connectivity index (χ1v) is 7.87. The van der Waals surface area contributed by atoms with Gasteiger partial charge in [0.2, 0.25) is 11.8 Å². The standard InChI is InChI=1S/C17H17ClN4O2/c1-11(17-22-21-12(2)24-17)20-14-5-6-16(15(18)8-14)23-10-13-4-3-7-19-9-13/h3-9,11,20H,10H2,1-2H3/t11-/m0/s1. The molecule has 2 heterocycles. The highest BCUT2D eigenvalue weighted by Crippen LogP contribution is 2.30. The number of nitrogens with one attached hydrogen (secondary N) is 1. The van der Waals surface area contributed by atoms with Crippen LogP contribution in [0.2, 0.25) is 5.02 Å². The largest absolute Gasteiger partial charge is 0.487 e. The molecule has 0 bridgehead atoms. The Labute approximate surface area is 144 Å². The van der Waals surface area contributed by atoms with Gasteiger partial charge in [-0.05, 0) is 31.2 Å².